The van der Waals surface area contributed by atoms with Crippen molar-refractivity contribution in [1.82, 2.24) is 0 Å². The molecule has 0 rings (SSSR count). The standard InChI is InChI=1S/C5H8.2C4H9.Al.H/c1-4-5(2)3;2*1-4(2)3;;/h4H,1-2H2,3H3;2*4H,1H2,2-3H3;;. The summed E-state index contributed by atoms with van der Waals surface area (Å²) in [6, 6.07) is 0. The van der Waals surface area contributed by atoms with Gasteiger partial charge in [0.15, 0.2) is 0 Å². The van der Waals surface area contributed by atoms with Gasteiger partial charge in [0.2, 0.25) is 15.2 Å². The van der Waals surface area contributed by atoms with Crippen molar-refractivity contribution in [3.05, 3.63) is 24.8 Å². The van der Waals surface area contributed by atoms with Crippen LogP contribution in [0.1, 0.15) is 34.6 Å². The highest BCUT2D eigenvalue weighted by molar-refractivity contribution is 6.35. The first kappa shape index (κ1) is 16.4. The van der Waals surface area contributed by atoms with Crippen molar-refractivity contribution in [2.75, 3.05) is 0 Å². The quantitative estimate of drug-likeness (QED) is 0.468. The second-order valence-corrected chi connectivity index (χ2v) is 6.63. The Morgan fingerprint density at radius 1 is 1.14 bits per heavy atom. The maximum Gasteiger partial charge on any atom is 0.237 e. The molecule has 0 aromatic heterocycles. The van der Waals surface area contributed by atoms with Gasteiger partial charge in [-0.2, -0.15) is 0 Å². The average Bonchev–Trinajstić information content (AvgIpc) is 2.04. The molecule has 0 spiro atoms. The summed E-state index contributed by atoms with van der Waals surface area (Å²) in [5, 5.41) is 3.08. The molecule has 0 bridgehead atoms. The van der Waals surface area contributed by atoms with Crippen molar-refractivity contribution >= 4 is 15.2 Å². The summed E-state index contributed by atoms with van der Waals surface area (Å²) >= 11 is 0.316. The Balaban J connectivity index is 0. The Hall–Kier alpha value is 0.0125. The number of rotatable bonds is 5. The minimum absolute atomic E-state index is 0.316. The maximum atomic E-state index is 3.56. The molecule has 0 amide bonds. The van der Waals surface area contributed by atoms with Crippen molar-refractivity contribution in [3.63, 3.8) is 0 Å². The van der Waals surface area contributed by atoms with Crippen molar-refractivity contribution < 1.29 is 0 Å². The van der Waals surface area contributed by atoms with Crippen molar-refractivity contribution in [2.45, 2.75) is 45.2 Å². The molecule has 0 saturated heterocycles. The third kappa shape index (κ3) is 22.7. The molecule has 0 nitrogen and oxygen atoms in total. The van der Waals surface area contributed by atoms with E-state index in [1.807, 2.05) is 6.92 Å². The highest BCUT2D eigenvalue weighted by Crippen LogP contribution is 2.05. The molecule has 0 atom stereocenters. The maximum absolute atomic E-state index is 3.56. The van der Waals surface area contributed by atoms with Crippen LogP contribution in [0.15, 0.2) is 24.8 Å². The molecule has 0 N–H and O–H groups in total. The first-order valence-corrected chi connectivity index (χ1v) is 7.68. The Morgan fingerprint density at radius 2 is 1.43 bits per heavy atom. The van der Waals surface area contributed by atoms with Gasteiger partial charge in [0, 0.05) is 0 Å². The van der Waals surface area contributed by atoms with Crippen LogP contribution in [0.5, 0.6) is 0 Å². The number of hydrogen-bond acceptors (Lipinski definition) is 0. The lowest BCUT2D eigenvalue weighted by Crippen LogP contribution is -1.99. The molecule has 0 radical (unpaired) electrons. The normalized spacial score (nSPS) is 9.36. The molecule has 0 saturated carbocycles. The molecule has 0 fully saturated rings. The molecule has 0 unspecified atom stereocenters. The summed E-state index contributed by atoms with van der Waals surface area (Å²) in [7, 11) is 0. The molecule has 14 heavy (non-hydrogen) atoms. The van der Waals surface area contributed by atoms with E-state index < -0.39 is 0 Å². The van der Waals surface area contributed by atoms with Gasteiger partial charge in [-0.15, -0.1) is 0 Å². The van der Waals surface area contributed by atoms with Crippen LogP contribution in [0.3, 0.4) is 0 Å². The second-order valence-electron chi connectivity index (χ2n) is 4.77. The van der Waals surface area contributed by atoms with E-state index in [9.17, 15) is 0 Å². The largest absolute Gasteiger partial charge is 0.237 e. The summed E-state index contributed by atoms with van der Waals surface area (Å²) in [4.78, 5) is 0. The van der Waals surface area contributed by atoms with E-state index in [2.05, 4.69) is 40.9 Å². The van der Waals surface area contributed by atoms with E-state index in [-0.39, 0.29) is 0 Å². The van der Waals surface area contributed by atoms with Gasteiger partial charge in [-0.3, -0.25) is 0 Å². The van der Waals surface area contributed by atoms with E-state index >= 15 is 0 Å². The van der Waals surface area contributed by atoms with Crippen LogP contribution in [0.25, 0.3) is 0 Å². The molecule has 82 valence electrons. The summed E-state index contributed by atoms with van der Waals surface area (Å²) in [6.45, 7) is 18.2. The fourth-order valence-corrected chi connectivity index (χ4v) is 2.80. The van der Waals surface area contributed by atoms with Gasteiger partial charge in [-0.1, -0.05) is 74.9 Å². The van der Waals surface area contributed by atoms with Gasteiger partial charge >= 0.3 is 0 Å². The highest BCUT2D eigenvalue weighted by Gasteiger charge is 1.99. The lowest BCUT2D eigenvalue weighted by atomic mass is 10.3. The molecule has 0 aliphatic rings. The third-order valence-electron chi connectivity index (χ3n) is 1.91. The topological polar surface area (TPSA) is 0 Å². The third-order valence-corrected chi connectivity index (χ3v) is 5.04. The SMILES string of the molecule is C=CC(=C)C.CC(C)[CH2][AlH][CH2]C(C)C. The van der Waals surface area contributed by atoms with Gasteiger partial charge in [0.05, 0.1) is 0 Å². The molecular weight excluding hydrogens is 183 g/mol. The van der Waals surface area contributed by atoms with Crippen LogP contribution in [0.4, 0.5) is 0 Å². The zero-order valence-electron chi connectivity index (χ0n) is 10.8. The van der Waals surface area contributed by atoms with E-state index in [1.54, 1.807) is 6.08 Å². The zero-order valence-corrected chi connectivity index (χ0v) is 12.2. The van der Waals surface area contributed by atoms with Gasteiger partial charge < -0.3 is 0 Å². The predicted molar refractivity (Wildman–Crippen MR) is 71.5 cm³/mol. The van der Waals surface area contributed by atoms with Gasteiger partial charge in [-0.25, -0.2) is 0 Å². The number of hydrogen-bond donors (Lipinski definition) is 0. The molecule has 0 heterocycles. The van der Waals surface area contributed by atoms with Crippen molar-refractivity contribution in [1.29, 1.82) is 0 Å². The Morgan fingerprint density at radius 3 is 1.57 bits per heavy atom. The van der Waals surface area contributed by atoms with E-state index in [4.69, 9.17) is 0 Å². The molecule has 0 aliphatic carbocycles. The lowest BCUT2D eigenvalue weighted by Gasteiger charge is -2.03. The smallest absolute Gasteiger partial charge is 0.0988 e. The Labute approximate surface area is 97.2 Å². The molecule has 0 aromatic rings. The number of allylic oxidation sites excluding steroid dienone is 2. The molecular formula is C13H27Al. The predicted octanol–water partition coefficient (Wildman–Crippen LogP) is 4.32. The Bertz CT molecular complexity index is 137. The Kier molecular flexibility index (Phi) is 13.0. The lowest BCUT2D eigenvalue weighted by molar-refractivity contribution is 0.700. The van der Waals surface area contributed by atoms with Crippen LogP contribution in [-0.2, 0) is 0 Å². The summed E-state index contributed by atoms with van der Waals surface area (Å²) < 4.78 is 0. The molecule has 0 aliphatic heterocycles. The minimum Gasteiger partial charge on any atom is -0.0988 e. The first-order valence-electron chi connectivity index (χ1n) is 5.68. The molecule has 0 aromatic carbocycles. The van der Waals surface area contributed by atoms with Crippen LogP contribution in [-0.4, -0.2) is 15.2 Å². The molecule has 1 heteroatoms. The van der Waals surface area contributed by atoms with Gasteiger partial charge in [-0.05, 0) is 6.92 Å². The fraction of sp³-hybridized carbons (Fsp3) is 0.692. The second kappa shape index (κ2) is 11.1. The minimum atomic E-state index is 0.316. The van der Waals surface area contributed by atoms with Crippen LogP contribution in [0.2, 0.25) is 10.6 Å². The van der Waals surface area contributed by atoms with E-state index in [1.165, 1.54) is 10.6 Å². The van der Waals surface area contributed by atoms with Crippen LogP contribution >= 0.6 is 0 Å². The summed E-state index contributed by atoms with van der Waals surface area (Å²) in [5.41, 5.74) is 1.02. The zero-order chi connectivity index (χ0) is 11.6. The van der Waals surface area contributed by atoms with Gasteiger partial charge in [0.25, 0.3) is 0 Å². The average molecular weight is 210 g/mol. The summed E-state index contributed by atoms with van der Waals surface area (Å²) in [5.74, 6) is 1.91. The first-order chi connectivity index (χ1) is 6.40. The highest BCUT2D eigenvalue weighted by atomic mass is 27.1. The van der Waals surface area contributed by atoms with Crippen molar-refractivity contribution in [3.8, 4) is 0 Å². The monoisotopic (exact) mass is 210 g/mol. The fourth-order valence-electron chi connectivity index (χ4n) is 0.934. The van der Waals surface area contributed by atoms with Crippen LogP contribution < -0.4 is 0 Å². The summed E-state index contributed by atoms with van der Waals surface area (Å²) in [6.07, 6.45) is 1.72. The van der Waals surface area contributed by atoms with E-state index in [0.29, 0.717) is 15.2 Å². The van der Waals surface area contributed by atoms with Gasteiger partial charge in [0.1, 0.15) is 0 Å². The van der Waals surface area contributed by atoms with E-state index in [0.717, 1.165) is 17.4 Å². The van der Waals surface area contributed by atoms with Crippen molar-refractivity contribution in [2.24, 2.45) is 11.8 Å². The van der Waals surface area contributed by atoms with Crippen LogP contribution in [0, 0.1) is 11.8 Å².